The predicted octanol–water partition coefficient (Wildman–Crippen LogP) is 2.29. The first kappa shape index (κ1) is 10.6. The average molecular weight is 207 g/mol. The van der Waals surface area contributed by atoms with Crippen LogP contribution in [0.5, 0.6) is 0 Å². The number of carboxylic acid groups (broad SMARTS) is 1. The van der Waals surface area contributed by atoms with E-state index in [4.69, 9.17) is 5.11 Å². The van der Waals surface area contributed by atoms with Crippen molar-refractivity contribution in [2.75, 3.05) is 0 Å². The zero-order valence-electron chi connectivity index (χ0n) is 7.27. The SMILES string of the molecule is CCc1[nH]c(C(=O)O)cc1C(F)(F)F. The molecule has 0 saturated heterocycles. The number of aromatic nitrogens is 1. The second-order valence-corrected chi connectivity index (χ2v) is 2.73. The number of rotatable bonds is 2. The maximum atomic E-state index is 12.3. The van der Waals surface area contributed by atoms with Crippen molar-refractivity contribution < 1.29 is 23.1 Å². The summed E-state index contributed by atoms with van der Waals surface area (Å²) in [7, 11) is 0. The summed E-state index contributed by atoms with van der Waals surface area (Å²) >= 11 is 0. The number of hydrogen-bond acceptors (Lipinski definition) is 1. The molecule has 3 nitrogen and oxygen atoms in total. The van der Waals surface area contributed by atoms with Crippen LogP contribution in [-0.4, -0.2) is 16.1 Å². The third-order valence-electron chi connectivity index (χ3n) is 1.79. The van der Waals surface area contributed by atoms with Crippen LogP contribution in [0.1, 0.15) is 28.7 Å². The summed E-state index contributed by atoms with van der Waals surface area (Å²) in [5.74, 6) is -1.39. The van der Waals surface area contributed by atoms with Crippen molar-refractivity contribution in [1.29, 1.82) is 0 Å². The normalized spacial score (nSPS) is 11.7. The molecule has 6 heteroatoms. The van der Waals surface area contributed by atoms with Gasteiger partial charge in [0.25, 0.3) is 0 Å². The van der Waals surface area contributed by atoms with E-state index in [1.807, 2.05) is 0 Å². The molecule has 0 aliphatic carbocycles. The zero-order valence-corrected chi connectivity index (χ0v) is 7.27. The third kappa shape index (κ3) is 1.89. The van der Waals surface area contributed by atoms with Crippen LogP contribution in [0.25, 0.3) is 0 Å². The van der Waals surface area contributed by atoms with Crippen molar-refractivity contribution in [2.45, 2.75) is 19.5 Å². The first-order chi connectivity index (χ1) is 6.36. The smallest absolute Gasteiger partial charge is 0.418 e. The molecule has 0 radical (unpaired) electrons. The molecule has 0 atom stereocenters. The predicted molar refractivity (Wildman–Crippen MR) is 42.1 cm³/mol. The summed E-state index contributed by atoms with van der Waals surface area (Å²) in [6.07, 6.45) is -4.39. The molecular formula is C8H8F3NO2. The molecule has 0 amide bonds. The Morgan fingerprint density at radius 1 is 1.57 bits per heavy atom. The molecule has 0 aromatic carbocycles. The van der Waals surface area contributed by atoms with E-state index in [1.54, 1.807) is 0 Å². The fourth-order valence-corrected chi connectivity index (χ4v) is 1.14. The van der Waals surface area contributed by atoms with Crippen LogP contribution >= 0.6 is 0 Å². The lowest BCUT2D eigenvalue weighted by Gasteiger charge is -2.05. The van der Waals surface area contributed by atoms with Gasteiger partial charge in [0.15, 0.2) is 0 Å². The molecule has 0 spiro atoms. The second-order valence-electron chi connectivity index (χ2n) is 2.73. The van der Waals surface area contributed by atoms with Gasteiger partial charge in [-0.2, -0.15) is 13.2 Å². The average Bonchev–Trinajstić information content (AvgIpc) is 2.46. The molecule has 0 aliphatic heterocycles. The number of carbonyl (C=O) groups is 1. The molecule has 0 saturated carbocycles. The van der Waals surface area contributed by atoms with Gasteiger partial charge in [-0.1, -0.05) is 6.92 Å². The van der Waals surface area contributed by atoms with Crippen LogP contribution in [-0.2, 0) is 12.6 Å². The summed E-state index contributed by atoms with van der Waals surface area (Å²) in [6, 6.07) is 0.612. The summed E-state index contributed by atoms with van der Waals surface area (Å²) < 4.78 is 36.9. The molecule has 1 heterocycles. The molecule has 1 aromatic rings. The molecule has 0 fully saturated rings. The van der Waals surface area contributed by atoms with Gasteiger partial charge in [-0.25, -0.2) is 4.79 Å². The highest BCUT2D eigenvalue weighted by atomic mass is 19.4. The molecule has 1 rings (SSSR count). The summed E-state index contributed by atoms with van der Waals surface area (Å²) in [5, 5.41) is 8.49. The molecule has 0 unspecified atom stereocenters. The van der Waals surface area contributed by atoms with Crippen LogP contribution in [0.4, 0.5) is 13.2 Å². The van der Waals surface area contributed by atoms with Gasteiger partial charge in [0.05, 0.1) is 5.56 Å². The van der Waals surface area contributed by atoms with Gasteiger partial charge in [0.1, 0.15) is 5.69 Å². The van der Waals surface area contributed by atoms with E-state index in [2.05, 4.69) is 4.98 Å². The Kier molecular flexibility index (Phi) is 2.55. The Morgan fingerprint density at radius 3 is 2.43 bits per heavy atom. The maximum absolute atomic E-state index is 12.3. The lowest BCUT2D eigenvalue weighted by Crippen LogP contribution is -2.06. The summed E-state index contributed by atoms with van der Waals surface area (Å²) in [4.78, 5) is 12.6. The topological polar surface area (TPSA) is 53.1 Å². The first-order valence-electron chi connectivity index (χ1n) is 3.88. The minimum absolute atomic E-state index is 0.102. The van der Waals surface area contributed by atoms with E-state index in [-0.39, 0.29) is 12.1 Å². The van der Waals surface area contributed by atoms with Crippen LogP contribution in [0.2, 0.25) is 0 Å². The number of nitrogens with one attached hydrogen (secondary N) is 1. The van der Waals surface area contributed by atoms with E-state index in [0.717, 1.165) is 0 Å². The highest BCUT2D eigenvalue weighted by Crippen LogP contribution is 2.32. The van der Waals surface area contributed by atoms with Gasteiger partial charge < -0.3 is 10.1 Å². The standard InChI is InChI=1S/C8H8F3NO2/c1-2-5-4(8(9,10)11)3-6(12-5)7(13)14/h3,12H,2H2,1H3,(H,13,14). The van der Waals surface area contributed by atoms with Crippen molar-refractivity contribution in [3.05, 3.63) is 23.0 Å². The Balaban J connectivity index is 3.22. The summed E-state index contributed by atoms with van der Waals surface area (Å²) in [6.45, 7) is 1.52. The minimum Gasteiger partial charge on any atom is -0.477 e. The van der Waals surface area contributed by atoms with Crippen molar-refractivity contribution in [1.82, 2.24) is 4.98 Å². The van der Waals surface area contributed by atoms with E-state index in [9.17, 15) is 18.0 Å². The van der Waals surface area contributed by atoms with Gasteiger partial charge in [0.2, 0.25) is 0 Å². The Hall–Kier alpha value is -1.46. The maximum Gasteiger partial charge on any atom is 0.418 e. The molecular weight excluding hydrogens is 199 g/mol. The largest absolute Gasteiger partial charge is 0.477 e. The van der Waals surface area contributed by atoms with Gasteiger partial charge in [0, 0.05) is 5.69 Å². The van der Waals surface area contributed by atoms with E-state index in [1.165, 1.54) is 6.92 Å². The molecule has 0 bridgehead atoms. The van der Waals surface area contributed by atoms with Gasteiger partial charge in [-0.3, -0.25) is 0 Å². The number of aromatic amines is 1. The minimum atomic E-state index is -4.50. The Bertz CT molecular complexity index is 354. The quantitative estimate of drug-likeness (QED) is 0.781. The fourth-order valence-electron chi connectivity index (χ4n) is 1.14. The number of carboxylic acids is 1. The van der Waals surface area contributed by atoms with Crippen molar-refractivity contribution in [3.8, 4) is 0 Å². The molecule has 14 heavy (non-hydrogen) atoms. The highest BCUT2D eigenvalue weighted by molar-refractivity contribution is 5.86. The lowest BCUT2D eigenvalue weighted by atomic mass is 10.2. The zero-order chi connectivity index (χ0) is 10.9. The third-order valence-corrected chi connectivity index (χ3v) is 1.79. The monoisotopic (exact) mass is 207 g/mol. The van der Waals surface area contributed by atoms with Crippen LogP contribution in [0.15, 0.2) is 6.07 Å². The van der Waals surface area contributed by atoms with Gasteiger partial charge >= 0.3 is 12.1 Å². The molecule has 0 aliphatic rings. The molecule has 78 valence electrons. The molecule has 2 N–H and O–H groups in total. The van der Waals surface area contributed by atoms with E-state index >= 15 is 0 Å². The number of aryl methyl sites for hydroxylation is 1. The second kappa shape index (κ2) is 3.36. The van der Waals surface area contributed by atoms with Crippen molar-refractivity contribution in [2.24, 2.45) is 0 Å². The van der Waals surface area contributed by atoms with Crippen LogP contribution < -0.4 is 0 Å². The number of hydrogen-bond donors (Lipinski definition) is 2. The number of H-pyrrole nitrogens is 1. The first-order valence-corrected chi connectivity index (χ1v) is 3.88. The lowest BCUT2D eigenvalue weighted by molar-refractivity contribution is -0.138. The summed E-state index contributed by atoms with van der Waals surface area (Å²) in [5.41, 5.74) is -1.44. The van der Waals surface area contributed by atoms with Crippen LogP contribution in [0.3, 0.4) is 0 Å². The van der Waals surface area contributed by atoms with Crippen LogP contribution in [0, 0.1) is 0 Å². The van der Waals surface area contributed by atoms with Gasteiger partial charge in [-0.05, 0) is 12.5 Å². The molecule has 1 aromatic heterocycles. The fraction of sp³-hybridized carbons (Fsp3) is 0.375. The number of alkyl halides is 3. The Labute approximate surface area is 77.6 Å². The number of aromatic carboxylic acids is 1. The highest BCUT2D eigenvalue weighted by Gasteiger charge is 2.35. The Morgan fingerprint density at radius 2 is 2.14 bits per heavy atom. The van der Waals surface area contributed by atoms with Crippen molar-refractivity contribution in [3.63, 3.8) is 0 Å². The van der Waals surface area contributed by atoms with E-state index < -0.39 is 23.4 Å². The number of halogens is 3. The van der Waals surface area contributed by atoms with E-state index in [0.29, 0.717) is 6.07 Å². The van der Waals surface area contributed by atoms with Gasteiger partial charge in [-0.15, -0.1) is 0 Å². The van der Waals surface area contributed by atoms with Crippen molar-refractivity contribution >= 4 is 5.97 Å².